The Bertz CT molecular complexity index is 704. The van der Waals surface area contributed by atoms with Crippen LogP contribution in [0, 0.1) is 0 Å². The molecule has 8 heteroatoms. The smallest absolute Gasteiger partial charge is 0.147 e. The fourth-order valence-corrected chi connectivity index (χ4v) is 3.89. The lowest BCUT2D eigenvalue weighted by Crippen LogP contribution is -2.24. The number of aromatic nitrogens is 6. The Balaban J connectivity index is 1.35. The molecule has 2 aromatic heterocycles. The fraction of sp³-hybridized carbons (Fsp3) is 0.750. The molecule has 3 heterocycles. The number of methoxy groups -OCH3 is 1. The van der Waals surface area contributed by atoms with Crippen molar-refractivity contribution >= 4 is 0 Å². The molecule has 8 nitrogen and oxygen atoms in total. The topological polar surface area (TPSA) is 84.8 Å². The summed E-state index contributed by atoms with van der Waals surface area (Å²) in [7, 11) is 1.78. The Hall–Kier alpha value is -1.80. The Morgan fingerprint density at radius 3 is 2.75 bits per heavy atom. The van der Waals surface area contributed by atoms with E-state index in [0.29, 0.717) is 12.0 Å². The number of nitrogens with one attached hydrogen (secondary N) is 1. The molecule has 0 aromatic carbocycles. The third kappa shape index (κ3) is 2.53. The van der Waals surface area contributed by atoms with Gasteiger partial charge in [0.25, 0.3) is 0 Å². The highest BCUT2D eigenvalue weighted by molar-refractivity contribution is 5.14. The standard InChI is InChI=1S/C16H23N7O/c1-24-14-8-22(7-12(14)13-6-17-21-18-13)9-15-19-20-16(10-2-3-10)23(15)11-4-5-11/h6,10-12,14H,2-5,7-9H2,1H3,(H,17,18,21)/t12-,14+/m0/s1. The van der Waals surface area contributed by atoms with Crippen LogP contribution in [-0.4, -0.2) is 61.4 Å². The van der Waals surface area contributed by atoms with Crippen LogP contribution in [0.25, 0.3) is 0 Å². The first kappa shape index (κ1) is 14.5. The average molecular weight is 329 g/mol. The van der Waals surface area contributed by atoms with Gasteiger partial charge in [-0.25, -0.2) is 0 Å². The van der Waals surface area contributed by atoms with Crippen molar-refractivity contribution in [2.24, 2.45) is 0 Å². The molecule has 5 rings (SSSR count). The molecule has 0 spiro atoms. The van der Waals surface area contributed by atoms with E-state index in [4.69, 9.17) is 4.74 Å². The maximum Gasteiger partial charge on any atom is 0.147 e. The second kappa shape index (κ2) is 5.63. The van der Waals surface area contributed by atoms with Gasteiger partial charge < -0.3 is 9.30 Å². The van der Waals surface area contributed by atoms with Crippen molar-refractivity contribution in [3.05, 3.63) is 23.5 Å². The molecule has 2 saturated carbocycles. The Kier molecular flexibility index (Phi) is 3.41. The maximum atomic E-state index is 5.69. The van der Waals surface area contributed by atoms with E-state index in [9.17, 15) is 0 Å². The first-order chi connectivity index (χ1) is 11.8. The van der Waals surface area contributed by atoms with Gasteiger partial charge >= 0.3 is 0 Å². The summed E-state index contributed by atoms with van der Waals surface area (Å²) in [6.45, 7) is 2.65. The first-order valence-electron chi connectivity index (χ1n) is 8.88. The second-order valence-corrected chi connectivity index (χ2v) is 7.32. The summed E-state index contributed by atoms with van der Waals surface area (Å²) in [5, 5.41) is 20.0. The summed E-state index contributed by atoms with van der Waals surface area (Å²) >= 11 is 0. The lowest BCUT2D eigenvalue weighted by atomic mass is 10.0. The van der Waals surface area contributed by atoms with Gasteiger partial charge in [-0.05, 0) is 25.7 Å². The summed E-state index contributed by atoms with van der Waals surface area (Å²) in [5.74, 6) is 3.26. The van der Waals surface area contributed by atoms with Crippen LogP contribution in [0.1, 0.15) is 60.9 Å². The van der Waals surface area contributed by atoms with E-state index in [2.05, 4.69) is 35.1 Å². The zero-order chi connectivity index (χ0) is 16.1. The molecule has 3 fully saturated rings. The summed E-state index contributed by atoms with van der Waals surface area (Å²) in [5.41, 5.74) is 0.978. The molecule has 3 aliphatic rings. The fourth-order valence-electron chi connectivity index (χ4n) is 3.89. The van der Waals surface area contributed by atoms with Crippen molar-refractivity contribution in [2.75, 3.05) is 20.2 Å². The molecule has 2 aromatic rings. The van der Waals surface area contributed by atoms with Crippen LogP contribution in [0.3, 0.4) is 0 Å². The van der Waals surface area contributed by atoms with Crippen molar-refractivity contribution in [2.45, 2.75) is 56.2 Å². The van der Waals surface area contributed by atoms with E-state index < -0.39 is 0 Å². The van der Waals surface area contributed by atoms with Gasteiger partial charge in [0.2, 0.25) is 0 Å². The van der Waals surface area contributed by atoms with Gasteiger partial charge in [0, 0.05) is 38.1 Å². The molecule has 0 bridgehead atoms. The zero-order valence-corrected chi connectivity index (χ0v) is 13.9. The predicted octanol–water partition coefficient (Wildman–Crippen LogP) is 1.22. The van der Waals surface area contributed by atoms with Crippen molar-refractivity contribution in [3.63, 3.8) is 0 Å². The van der Waals surface area contributed by atoms with Crippen LogP contribution >= 0.6 is 0 Å². The number of ether oxygens (including phenoxy) is 1. The molecule has 2 atom stereocenters. The van der Waals surface area contributed by atoms with Gasteiger partial charge in [0.15, 0.2) is 0 Å². The van der Waals surface area contributed by atoms with E-state index in [-0.39, 0.29) is 12.0 Å². The number of aromatic amines is 1. The van der Waals surface area contributed by atoms with Crippen molar-refractivity contribution in [1.29, 1.82) is 0 Å². The number of likely N-dealkylation sites (tertiary alicyclic amines) is 1. The van der Waals surface area contributed by atoms with Crippen LogP contribution in [0.15, 0.2) is 6.20 Å². The molecule has 0 unspecified atom stereocenters. The third-order valence-corrected chi connectivity index (χ3v) is 5.47. The third-order valence-electron chi connectivity index (χ3n) is 5.47. The van der Waals surface area contributed by atoms with Gasteiger partial charge in [-0.2, -0.15) is 15.4 Å². The SMILES string of the molecule is CO[C@@H]1CN(Cc2nnc(C3CC3)n2C2CC2)C[C@H]1c1cn[nH]n1. The highest BCUT2D eigenvalue weighted by Crippen LogP contribution is 2.45. The van der Waals surface area contributed by atoms with E-state index >= 15 is 0 Å². The normalized spacial score (nSPS) is 27.9. The van der Waals surface area contributed by atoms with E-state index in [1.54, 1.807) is 13.3 Å². The zero-order valence-electron chi connectivity index (χ0n) is 13.9. The lowest BCUT2D eigenvalue weighted by molar-refractivity contribution is 0.0954. The van der Waals surface area contributed by atoms with Gasteiger partial charge in [-0.3, -0.25) is 4.90 Å². The number of hydrogen-bond donors (Lipinski definition) is 1. The Morgan fingerprint density at radius 1 is 1.21 bits per heavy atom. The minimum atomic E-state index is 0.148. The second-order valence-electron chi connectivity index (χ2n) is 7.32. The first-order valence-corrected chi connectivity index (χ1v) is 8.88. The Labute approximate surface area is 140 Å². The number of nitrogens with zero attached hydrogens (tertiary/aromatic N) is 6. The number of hydrogen-bond acceptors (Lipinski definition) is 6. The van der Waals surface area contributed by atoms with E-state index in [0.717, 1.165) is 31.2 Å². The quantitative estimate of drug-likeness (QED) is 0.858. The summed E-state index contributed by atoms with van der Waals surface area (Å²) in [6.07, 6.45) is 7.04. The van der Waals surface area contributed by atoms with Crippen LogP contribution in [-0.2, 0) is 11.3 Å². The highest BCUT2D eigenvalue weighted by atomic mass is 16.5. The van der Waals surface area contributed by atoms with Gasteiger partial charge in [-0.15, -0.1) is 10.2 Å². The number of H-pyrrole nitrogens is 1. The number of rotatable bonds is 6. The lowest BCUT2D eigenvalue weighted by Gasteiger charge is -2.16. The molecule has 2 aliphatic carbocycles. The van der Waals surface area contributed by atoms with Gasteiger partial charge in [0.05, 0.1) is 24.5 Å². The molecule has 0 radical (unpaired) electrons. The van der Waals surface area contributed by atoms with Crippen molar-refractivity contribution in [3.8, 4) is 0 Å². The molecule has 0 amide bonds. The molecular formula is C16H23N7O. The molecule has 24 heavy (non-hydrogen) atoms. The maximum absolute atomic E-state index is 5.69. The van der Waals surface area contributed by atoms with Crippen LogP contribution in [0.2, 0.25) is 0 Å². The van der Waals surface area contributed by atoms with Crippen LogP contribution in [0.5, 0.6) is 0 Å². The molecule has 128 valence electrons. The van der Waals surface area contributed by atoms with Crippen molar-refractivity contribution < 1.29 is 4.74 Å². The minimum Gasteiger partial charge on any atom is -0.379 e. The predicted molar refractivity (Wildman–Crippen MR) is 85.5 cm³/mol. The minimum absolute atomic E-state index is 0.148. The molecule has 1 aliphatic heterocycles. The van der Waals surface area contributed by atoms with Crippen molar-refractivity contribution in [1.82, 2.24) is 35.1 Å². The molecule has 1 saturated heterocycles. The molecule has 1 N–H and O–H groups in total. The van der Waals surface area contributed by atoms with E-state index in [1.165, 1.54) is 31.5 Å². The van der Waals surface area contributed by atoms with Gasteiger partial charge in [-0.1, -0.05) is 0 Å². The summed E-state index contributed by atoms with van der Waals surface area (Å²) in [6, 6.07) is 0.637. The Morgan fingerprint density at radius 2 is 2.08 bits per heavy atom. The van der Waals surface area contributed by atoms with Gasteiger partial charge in [0.1, 0.15) is 11.6 Å². The van der Waals surface area contributed by atoms with Crippen LogP contribution in [0.4, 0.5) is 0 Å². The monoisotopic (exact) mass is 329 g/mol. The largest absolute Gasteiger partial charge is 0.379 e. The summed E-state index contributed by atoms with van der Waals surface area (Å²) < 4.78 is 8.13. The highest BCUT2D eigenvalue weighted by Gasteiger charge is 2.39. The summed E-state index contributed by atoms with van der Waals surface area (Å²) in [4.78, 5) is 2.41. The molecular weight excluding hydrogens is 306 g/mol. The van der Waals surface area contributed by atoms with Crippen LogP contribution < -0.4 is 0 Å². The average Bonchev–Trinajstić information content (AvgIpc) is 3.48. The van der Waals surface area contributed by atoms with E-state index in [1.807, 2.05) is 0 Å².